The Labute approximate surface area is 133 Å². The molecule has 1 aliphatic rings. The fourth-order valence-electron chi connectivity index (χ4n) is 2.61. The van der Waals surface area contributed by atoms with Gasteiger partial charge in [0.25, 0.3) is 11.8 Å². The Kier molecular flexibility index (Phi) is 3.97. The van der Waals surface area contributed by atoms with Crippen LogP contribution in [0.5, 0.6) is 0 Å². The lowest BCUT2D eigenvalue weighted by molar-refractivity contribution is -0.121. The first-order valence-corrected chi connectivity index (χ1v) is 7.39. The Balaban J connectivity index is 1.54. The van der Waals surface area contributed by atoms with Gasteiger partial charge in [-0.15, -0.1) is 0 Å². The number of benzene rings is 1. The number of nitrogens with one attached hydrogen (secondary N) is 1. The van der Waals surface area contributed by atoms with E-state index in [1.165, 1.54) is 0 Å². The van der Waals surface area contributed by atoms with E-state index in [1.807, 2.05) is 30.1 Å². The third-order valence-corrected chi connectivity index (χ3v) is 3.82. The van der Waals surface area contributed by atoms with E-state index in [9.17, 15) is 14.4 Å². The van der Waals surface area contributed by atoms with Crippen molar-refractivity contribution < 1.29 is 14.4 Å². The lowest BCUT2D eigenvalue weighted by atomic mass is 10.1. The molecule has 1 N–H and O–H groups in total. The first-order valence-electron chi connectivity index (χ1n) is 7.39. The molecule has 6 nitrogen and oxygen atoms in total. The second-order valence-electron chi connectivity index (χ2n) is 5.52. The molecule has 3 rings (SSSR count). The molecule has 1 aliphatic heterocycles. The van der Waals surface area contributed by atoms with Gasteiger partial charge in [0.15, 0.2) is 0 Å². The van der Waals surface area contributed by atoms with Crippen molar-refractivity contribution in [2.45, 2.75) is 13.0 Å². The highest BCUT2D eigenvalue weighted by Gasteiger charge is 2.34. The van der Waals surface area contributed by atoms with Crippen LogP contribution in [0.3, 0.4) is 0 Å². The van der Waals surface area contributed by atoms with Gasteiger partial charge in [0.05, 0.1) is 11.1 Å². The molecule has 0 saturated carbocycles. The zero-order valence-electron chi connectivity index (χ0n) is 12.8. The maximum absolute atomic E-state index is 12.2. The number of fused-ring (bicyclic) bond motifs is 1. The van der Waals surface area contributed by atoms with Gasteiger partial charge in [-0.1, -0.05) is 12.1 Å². The lowest BCUT2D eigenvalue weighted by Crippen LogP contribution is -2.34. The predicted molar refractivity (Wildman–Crippen MR) is 83.7 cm³/mol. The molecule has 2 heterocycles. The van der Waals surface area contributed by atoms with Crippen molar-refractivity contribution in [2.75, 3.05) is 6.54 Å². The Bertz CT molecular complexity index is 744. The van der Waals surface area contributed by atoms with Crippen LogP contribution < -0.4 is 5.32 Å². The highest BCUT2D eigenvalue weighted by atomic mass is 16.2. The molecule has 0 atom stereocenters. The standard InChI is InChI=1S/C17H17N3O3/c1-19-8-6-12(11-19)10-18-15(21)7-9-20-16(22)13-4-2-3-5-14(13)17(20)23/h2-6,8,11H,7,9-10H2,1H3,(H,18,21). The third-order valence-electron chi connectivity index (χ3n) is 3.82. The number of rotatable bonds is 5. The molecule has 0 aliphatic carbocycles. The van der Waals surface area contributed by atoms with E-state index in [2.05, 4.69) is 5.32 Å². The average molecular weight is 311 g/mol. The summed E-state index contributed by atoms with van der Waals surface area (Å²) < 4.78 is 1.90. The van der Waals surface area contributed by atoms with Gasteiger partial charge in [0.1, 0.15) is 0 Å². The van der Waals surface area contributed by atoms with Crippen molar-refractivity contribution in [3.8, 4) is 0 Å². The van der Waals surface area contributed by atoms with Crippen molar-refractivity contribution in [3.05, 3.63) is 59.4 Å². The molecule has 0 fully saturated rings. The van der Waals surface area contributed by atoms with Gasteiger partial charge >= 0.3 is 0 Å². The largest absolute Gasteiger partial charge is 0.357 e. The van der Waals surface area contributed by atoms with Gasteiger partial charge in [-0.3, -0.25) is 19.3 Å². The quantitative estimate of drug-likeness (QED) is 0.847. The molecule has 0 radical (unpaired) electrons. The van der Waals surface area contributed by atoms with E-state index in [-0.39, 0.29) is 30.7 Å². The Morgan fingerprint density at radius 1 is 1.09 bits per heavy atom. The summed E-state index contributed by atoms with van der Waals surface area (Å²) in [6, 6.07) is 8.63. The molecule has 0 spiro atoms. The molecular formula is C17H17N3O3. The summed E-state index contributed by atoms with van der Waals surface area (Å²) >= 11 is 0. The maximum Gasteiger partial charge on any atom is 0.261 e. The van der Waals surface area contributed by atoms with Crippen LogP contribution >= 0.6 is 0 Å². The topological polar surface area (TPSA) is 71.4 Å². The number of aryl methyl sites for hydroxylation is 1. The highest BCUT2D eigenvalue weighted by molar-refractivity contribution is 6.21. The summed E-state index contributed by atoms with van der Waals surface area (Å²) in [5.41, 5.74) is 1.81. The summed E-state index contributed by atoms with van der Waals surface area (Å²) in [6.45, 7) is 0.523. The second kappa shape index (κ2) is 6.08. The van der Waals surface area contributed by atoms with Crippen LogP contribution in [0.2, 0.25) is 0 Å². The van der Waals surface area contributed by atoms with E-state index in [0.29, 0.717) is 17.7 Å². The summed E-state index contributed by atoms with van der Waals surface area (Å²) in [5, 5.41) is 2.79. The molecule has 1 aromatic carbocycles. The monoisotopic (exact) mass is 311 g/mol. The number of hydrogen-bond acceptors (Lipinski definition) is 3. The van der Waals surface area contributed by atoms with Crippen LogP contribution in [-0.4, -0.2) is 33.7 Å². The van der Waals surface area contributed by atoms with E-state index in [1.54, 1.807) is 24.3 Å². The van der Waals surface area contributed by atoms with E-state index in [0.717, 1.165) is 10.5 Å². The van der Waals surface area contributed by atoms with Crippen LogP contribution in [0.25, 0.3) is 0 Å². The Hall–Kier alpha value is -2.89. The van der Waals surface area contributed by atoms with Crippen LogP contribution in [-0.2, 0) is 18.4 Å². The van der Waals surface area contributed by atoms with Gasteiger partial charge in [0.2, 0.25) is 5.91 Å². The third kappa shape index (κ3) is 3.01. The number of amides is 3. The van der Waals surface area contributed by atoms with Crippen molar-refractivity contribution in [2.24, 2.45) is 7.05 Å². The minimum atomic E-state index is -0.332. The van der Waals surface area contributed by atoms with Crippen LogP contribution in [0, 0.1) is 0 Å². The van der Waals surface area contributed by atoms with Gasteiger partial charge in [-0.25, -0.2) is 0 Å². The smallest absolute Gasteiger partial charge is 0.261 e. The molecule has 0 bridgehead atoms. The molecule has 0 unspecified atom stereocenters. The van der Waals surface area contributed by atoms with Crippen molar-refractivity contribution in [1.82, 2.24) is 14.8 Å². The Morgan fingerprint density at radius 3 is 2.30 bits per heavy atom. The molecule has 23 heavy (non-hydrogen) atoms. The fourth-order valence-corrected chi connectivity index (χ4v) is 2.61. The average Bonchev–Trinajstić information content (AvgIpc) is 3.07. The van der Waals surface area contributed by atoms with Crippen LogP contribution in [0.4, 0.5) is 0 Å². The summed E-state index contributed by atoms with van der Waals surface area (Å²) in [6.07, 6.45) is 3.92. The first kappa shape index (κ1) is 15.0. The zero-order valence-corrected chi connectivity index (χ0v) is 12.8. The number of imide groups is 1. The molecule has 2 aromatic rings. The van der Waals surface area contributed by atoms with Crippen LogP contribution in [0.1, 0.15) is 32.7 Å². The van der Waals surface area contributed by atoms with Crippen molar-refractivity contribution in [1.29, 1.82) is 0 Å². The summed E-state index contributed by atoms with van der Waals surface area (Å²) in [7, 11) is 1.91. The number of nitrogens with zero attached hydrogens (tertiary/aromatic N) is 2. The fraction of sp³-hybridized carbons (Fsp3) is 0.235. The minimum Gasteiger partial charge on any atom is -0.357 e. The van der Waals surface area contributed by atoms with Crippen molar-refractivity contribution in [3.63, 3.8) is 0 Å². The van der Waals surface area contributed by atoms with Gasteiger partial charge < -0.3 is 9.88 Å². The molecule has 3 amide bonds. The van der Waals surface area contributed by atoms with Gasteiger partial charge in [-0.2, -0.15) is 0 Å². The number of carbonyl (C=O) groups is 3. The van der Waals surface area contributed by atoms with Crippen LogP contribution in [0.15, 0.2) is 42.7 Å². The highest BCUT2D eigenvalue weighted by Crippen LogP contribution is 2.22. The predicted octanol–water partition coefficient (Wildman–Crippen LogP) is 1.33. The lowest BCUT2D eigenvalue weighted by Gasteiger charge is -2.13. The first-order chi connectivity index (χ1) is 11.1. The molecular weight excluding hydrogens is 294 g/mol. The Morgan fingerprint density at radius 2 is 1.74 bits per heavy atom. The van der Waals surface area contributed by atoms with Gasteiger partial charge in [-0.05, 0) is 23.8 Å². The van der Waals surface area contributed by atoms with E-state index >= 15 is 0 Å². The maximum atomic E-state index is 12.2. The summed E-state index contributed by atoms with van der Waals surface area (Å²) in [4.78, 5) is 37.4. The summed E-state index contributed by atoms with van der Waals surface area (Å²) in [5.74, 6) is -0.853. The number of hydrogen-bond donors (Lipinski definition) is 1. The van der Waals surface area contributed by atoms with Crippen molar-refractivity contribution >= 4 is 17.7 Å². The molecule has 1 aromatic heterocycles. The number of carbonyl (C=O) groups excluding carboxylic acids is 3. The zero-order chi connectivity index (χ0) is 16.4. The molecule has 118 valence electrons. The normalized spacial score (nSPS) is 13.3. The number of aromatic nitrogens is 1. The van der Waals surface area contributed by atoms with E-state index in [4.69, 9.17) is 0 Å². The SMILES string of the molecule is Cn1ccc(CNC(=O)CCN2C(=O)c3ccccc3C2=O)c1. The molecule has 6 heteroatoms. The minimum absolute atomic E-state index is 0.0902. The van der Waals surface area contributed by atoms with Gasteiger partial charge in [0, 0.05) is 39.0 Å². The van der Waals surface area contributed by atoms with E-state index < -0.39 is 0 Å². The second-order valence-corrected chi connectivity index (χ2v) is 5.52. The molecule has 0 saturated heterocycles.